The molecule has 3 aliphatic rings. The maximum absolute atomic E-state index is 13.6. The number of hydrogen-bond donors (Lipinski definition) is 0. The lowest BCUT2D eigenvalue weighted by molar-refractivity contribution is -0.144. The standard InChI is InChI=1S/C53H95N3O8Si/c1-7-10-12-14-20-26-33-46-44(31-24-13-11-8-2)35-36-45(32-25-19-15-17-22-28-39-55-50(58)37-38-51(55)59)47(46)34-27-21-16-18-23-29-40-56-52(60)43-48(53(56)61)54(49(57)9-3)41-30-42-65(62-4,63-5)64-6/h37-38,44-48H,7-36,39-43H2,1-6H3. The number of carbonyl (C=O) groups is 5. The van der Waals surface area contributed by atoms with Crippen LogP contribution in [-0.4, -0.2) is 100 Å². The van der Waals surface area contributed by atoms with Crippen LogP contribution >= 0.6 is 0 Å². The van der Waals surface area contributed by atoms with E-state index in [0.29, 0.717) is 32.1 Å². The number of amides is 5. The Hall–Kier alpha value is -2.41. The van der Waals surface area contributed by atoms with Gasteiger partial charge < -0.3 is 18.2 Å². The van der Waals surface area contributed by atoms with Crippen molar-refractivity contribution in [3.63, 3.8) is 0 Å². The van der Waals surface area contributed by atoms with Crippen LogP contribution in [0.4, 0.5) is 0 Å². The summed E-state index contributed by atoms with van der Waals surface area (Å²) in [6.45, 7) is 7.74. The molecular weight excluding hydrogens is 835 g/mol. The molecule has 0 aromatic rings. The fourth-order valence-electron chi connectivity index (χ4n) is 11.4. The fraction of sp³-hybridized carbons (Fsp3) is 0.868. The van der Waals surface area contributed by atoms with Crippen LogP contribution in [0.15, 0.2) is 12.2 Å². The molecule has 1 saturated carbocycles. The molecule has 0 N–H and O–H groups in total. The molecule has 2 fully saturated rings. The lowest BCUT2D eigenvalue weighted by Crippen LogP contribution is -2.47. The van der Waals surface area contributed by atoms with Crippen molar-refractivity contribution in [3.8, 4) is 0 Å². The van der Waals surface area contributed by atoms with Crippen molar-refractivity contribution in [2.45, 2.75) is 232 Å². The maximum Gasteiger partial charge on any atom is 0.500 e. The Bertz CT molecular complexity index is 1380. The summed E-state index contributed by atoms with van der Waals surface area (Å²) in [6.07, 6.45) is 39.3. The predicted octanol–water partition coefficient (Wildman–Crippen LogP) is 12.0. The number of rotatable bonds is 39. The molecule has 65 heavy (non-hydrogen) atoms. The lowest BCUT2D eigenvalue weighted by atomic mass is 9.61. The van der Waals surface area contributed by atoms with Gasteiger partial charge in [0.2, 0.25) is 11.8 Å². The van der Waals surface area contributed by atoms with Crippen molar-refractivity contribution in [2.75, 3.05) is 41.0 Å². The van der Waals surface area contributed by atoms with E-state index in [0.717, 1.165) is 55.8 Å². The highest BCUT2D eigenvalue weighted by Crippen LogP contribution is 2.48. The van der Waals surface area contributed by atoms with Gasteiger partial charge in [-0.05, 0) is 68.6 Å². The molecule has 12 heteroatoms. The van der Waals surface area contributed by atoms with Gasteiger partial charge in [-0.15, -0.1) is 0 Å². The number of hydrogen-bond acceptors (Lipinski definition) is 8. The van der Waals surface area contributed by atoms with Gasteiger partial charge in [-0.3, -0.25) is 33.8 Å². The van der Waals surface area contributed by atoms with Gasteiger partial charge in [0.1, 0.15) is 6.04 Å². The van der Waals surface area contributed by atoms with E-state index in [4.69, 9.17) is 13.3 Å². The molecule has 1 saturated heterocycles. The Labute approximate surface area is 397 Å². The van der Waals surface area contributed by atoms with Crippen LogP contribution < -0.4 is 0 Å². The van der Waals surface area contributed by atoms with Gasteiger partial charge >= 0.3 is 8.80 Å². The zero-order chi connectivity index (χ0) is 47.3. The summed E-state index contributed by atoms with van der Waals surface area (Å²) in [5, 5.41) is 0. The second kappa shape index (κ2) is 33.1. The summed E-state index contributed by atoms with van der Waals surface area (Å²) >= 11 is 0. The highest BCUT2D eigenvalue weighted by atomic mass is 28.4. The van der Waals surface area contributed by atoms with Gasteiger partial charge in [0.05, 0.1) is 6.42 Å². The zero-order valence-electron chi connectivity index (χ0n) is 42.4. The molecule has 0 aromatic carbocycles. The minimum Gasteiger partial charge on any atom is -0.377 e. The van der Waals surface area contributed by atoms with E-state index in [1.54, 1.807) is 33.2 Å². The van der Waals surface area contributed by atoms with Gasteiger partial charge in [-0.1, -0.05) is 162 Å². The van der Waals surface area contributed by atoms with Crippen LogP contribution in [0, 0.1) is 23.7 Å². The Morgan fingerprint density at radius 1 is 0.569 bits per heavy atom. The SMILES string of the molecule is CCCCCCCCC1C(CCCCCC)CCC(CCCCCCCCN2C(=O)C=CC2=O)C1CCCCCCCCN1C(=O)CC(N(CCC[Si](OC)(OC)OC)C(=O)CC)C1=O. The van der Waals surface area contributed by atoms with E-state index >= 15 is 0 Å². The van der Waals surface area contributed by atoms with Crippen LogP contribution in [0.3, 0.4) is 0 Å². The minimum absolute atomic E-state index is 0.0545. The van der Waals surface area contributed by atoms with Gasteiger partial charge in [-0.2, -0.15) is 0 Å². The summed E-state index contributed by atoms with van der Waals surface area (Å²) < 4.78 is 16.6. The third kappa shape index (κ3) is 19.6. The first-order valence-corrected chi connectivity index (χ1v) is 28.9. The molecule has 374 valence electrons. The average Bonchev–Trinajstić information content (AvgIpc) is 3.79. The quantitative estimate of drug-likeness (QED) is 0.0339. The van der Waals surface area contributed by atoms with Crippen molar-refractivity contribution < 1.29 is 37.3 Å². The third-order valence-corrected chi connectivity index (χ3v) is 18.1. The second-order valence-corrected chi connectivity index (χ2v) is 22.8. The summed E-state index contributed by atoms with van der Waals surface area (Å²) in [4.78, 5) is 67.8. The predicted molar refractivity (Wildman–Crippen MR) is 264 cm³/mol. The first-order chi connectivity index (χ1) is 31.6. The topological polar surface area (TPSA) is 123 Å². The molecule has 2 aliphatic heterocycles. The van der Waals surface area contributed by atoms with Crippen molar-refractivity contribution in [1.82, 2.24) is 14.7 Å². The van der Waals surface area contributed by atoms with E-state index in [9.17, 15) is 24.0 Å². The van der Waals surface area contributed by atoms with E-state index in [-0.39, 0.29) is 42.4 Å². The molecule has 5 unspecified atom stereocenters. The maximum atomic E-state index is 13.6. The van der Waals surface area contributed by atoms with Crippen LogP contribution in [-0.2, 0) is 37.3 Å². The van der Waals surface area contributed by atoms with E-state index in [2.05, 4.69) is 13.8 Å². The van der Waals surface area contributed by atoms with Crippen LogP contribution in [0.5, 0.6) is 0 Å². The Morgan fingerprint density at radius 3 is 1.45 bits per heavy atom. The number of carbonyl (C=O) groups excluding carboxylic acids is 5. The monoisotopic (exact) mass is 930 g/mol. The van der Waals surface area contributed by atoms with Crippen LogP contribution in [0.2, 0.25) is 6.04 Å². The first-order valence-electron chi connectivity index (χ1n) is 26.9. The Morgan fingerprint density at radius 2 is 0.985 bits per heavy atom. The summed E-state index contributed by atoms with van der Waals surface area (Å²) in [5.74, 6) is 2.56. The van der Waals surface area contributed by atoms with Gasteiger partial charge in [-0.25, -0.2) is 0 Å². The molecule has 5 amide bonds. The normalized spacial score (nSPS) is 21.4. The molecule has 0 aromatic heterocycles. The highest BCUT2D eigenvalue weighted by molar-refractivity contribution is 6.60. The Balaban J connectivity index is 1.49. The van der Waals surface area contributed by atoms with Crippen molar-refractivity contribution in [2.24, 2.45) is 23.7 Å². The third-order valence-electron chi connectivity index (χ3n) is 15.3. The van der Waals surface area contributed by atoms with Gasteiger partial charge in [0.25, 0.3) is 17.7 Å². The Kier molecular flexibility index (Phi) is 29.0. The lowest BCUT2D eigenvalue weighted by Gasteiger charge is -2.44. The molecule has 0 spiro atoms. The fourth-order valence-corrected chi connectivity index (χ4v) is 13.1. The van der Waals surface area contributed by atoms with Gasteiger partial charge in [0.15, 0.2) is 0 Å². The average molecular weight is 930 g/mol. The molecule has 2 heterocycles. The van der Waals surface area contributed by atoms with E-state index in [1.807, 2.05) is 0 Å². The zero-order valence-corrected chi connectivity index (χ0v) is 43.4. The highest BCUT2D eigenvalue weighted by Gasteiger charge is 2.44. The number of nitrogens with zero attached hydrogens (tertiary/aromatic N) is 3. The summed E-state index contributed by atoms with van der Waals surface area (Å²) in [6, 6.07) is -0.223. The minimum atomic E-state index is -2.81. The molecular formula is C53H95N3O8Si. The molecule has 5 atom stereocenters. The first kappa shape index (κ1) is 56.9. The van der Waals surface area contributed by atoms with Crippen LogP contribution in [0.1, 0.15) is 220 Å². The van der Waals surface area contributed by atoms with E-state index < -0.39 is 14.8 Å². The molecule has 1 aliphatic carbocycles. The number of imide groups is 2. The molecule has 0 bridgehead atoms. The van der Waals surface area contributed by atoms with E-state index in [1.165, 1.54) is 170 Å². The summed E-state index contributed by atoms with van der Waals surface area (Å²) in [5.41, 5.74) is 0. The molecule has 0 radical (unpaired) electrons. The van der Waals surface area contributed by atoms with Gasteiger partial charge in [0, 0.05) is 65.6 Å². The molecule has 3 rings (SSSR count). The smallest absolute Gasteiger partial charge is 0.377 e. The van der Waals surface area contributed by atoms with Crippen molar-refractivity contribution >= 4 is 38.3 Å². The van der Waals surface area contributed by atoms with Crippen molar-refractivity contribution in [1.29, 1.82) is 0 Å². The summed E-state index contributed by atoms with van der Waals surface area (Å²) in [7, 11) is 1.89. The van der Waals surface area contributed by atoms with Crippen LogP contribution in [0.25, 0.3) is 0 Å². The number of unbranched alkanes of at least 4 members (excludes halogenated alkanes) is 18. The molecule has 11 nitrogen and oxygen atoms in total. The second-order valence-electron chi connectivity index (χ2n) is 19.8. The number of likely N-dealkylation sites (tertiary alicyclic amines) is 1. The largest absolute Gasteiger partial charge is 0.500 e. The van der Waals surface area contributed by atoms with Crippen molar-refractivity contribution in [3.05, 3.63) is 12.2 Å².